The van der Waals surface area contributed by atoms with Crippen molar-refractivity contribution in [3.8, 4) is 0 Å². The third-order valence-electron chi connectivity index (χ3n) is 0.761. The minimum Gasteiger partial charge on any atom is -0.367 e. The Morgan fingerprint density at radius 3 is 1.58 bits per heavy atom. The second-order valence-electron chi connectivity index (χ2n) is 1.58. The molecule has 12 heavy (non-hydrogen) atoms. The van der Waals surface area contributed by atoms with Crippen molar-refractivity contribution in [2.75, 3.05) is 14.1 Å². The van der Waals surface area contributed by atoms with Crippen molar-refractivity contribution in [3.63, 3.8) is 0 Å². The van der Waals surface area contributed by atoms with Crippen molar-refractivity contribution in [2.24, 2.45) is 0 Å². The fourth-order valence-corrected chi connectivity index (χ4v) is 0.405. The van der Waals surface area contributed by atoms with Crippen molar-refractivity contribution in [1.29, 1.82) is 0 Å². The summed E-state index contributed by atoms with van der Waals surface area (Å²) in [7, 11) is 2.86. The van der Waals surface area contributed by atoms with Crippen molar-refractivity contribution in [1.82, 2.24) is 11.0 Å². The first-order chi connectivity index (χ1) is 5.70. The topological polar surface area (TPSA) is 76.7 Å². The molecule has 0 spiro atoms. The first-order valence-electron chi connectivity index (χ1n) is 3.14. The van der Waals surface area contributed by atoms with E-state index in [9.17, 15) is 9.59 Å². The van der Waals surface area contributed by atoms with Gasteiger partial charge in [0.25, 0.3) is 0 Å². The van der Waals surface area contributed by atoms with Crippen LogP contribution in [0.3, 0.4) is 0 Å². The lowest BCUT2D eigenvalue weighted by molar-refractivity contribution is -0.146. The van der Waals surface area contributed by atoms with E-state index in [2.05, 4.69) is 20.6 Å². The van der Waals surface area contributed by atoms with E-state index in [0.717, 1.165) is 12.2 Å². The molecule has 6 heteroatoms. The lowest BCUT2D eigenvalue weighted by Gasteiger charge is -1.95. The minimum absolute atomic E-state index is 0.675. The molecule has 0 aromatic carbocycles. The van der Waals surface area contributed by atoms with Crippen LogP contribution in [0, 0.1) is 0 Å². The average molecular weight is 174 g/mol. The summed E-state index contributed by atoms with van der Waals surface area (Å²) in [6.45, 7) is 0. The Labute approximate surface area is 69.4 Å². The molecule has 0 aliphatic heterocycles. The second kappa shape index (κ2) is 6.32. The standard InChI is InChI=1S/C6H10N2O4/c1-7-11-5(9)3-4-6(10)12-8-2/h3-4,7-8H,1-2H3/b4-3+. The summed E-state index contributed by atoms with van der Waals surface area (Å²) < 4.78 is 0. The van der Waals surface area contributed by atoms with Gasteiger partial charge in [0.15, 0.2) is 0 Å². The molecule has 0 amide bonds. The number of hydroxylamine groups is 2. The highest BCUT2D eigenvalue weighted by atomic mass is 16.7. The molecule has 0 saturated heterocycles. The van der Waals surface area contributed by atoms with Crippen molar-refractivity contribution in [3.05, 3.63) is 12.2 Å². The maximum absolute atomic E-state index is 10.6. The normalized spacial score (nSPS) is 9.83. The van der Waals surface area contributed by atoms with Crippen LogP contribution in [0.2, 0.25) is 0 Å². The van der Waals surface area contributed by atoms with E-state index in [1.807, 2.05) is 0 Å². The molecule has 0 heterocycles. The Kier molecular flexibility index (Phi) is 5.58. The van der Waals surface area contributed by atoms with Gasteiger partial charge in [0, 0.05) is 26.2 Å². The third-order valence-corrected chi connectivity index (χ3v) is 0.761. The maximum Gasteiger partial charge on any atom is 0.349 e. The van der Waals surface area contributed by atoms with E-state index in [-0.39, 0.29) is 0 Å². The molecule has 0 fully saturated rings. The molecule has 0 bridgehead atoms. The second-order valence-corrected chi connectivity index (χ2v) is 1.58. The molecule has 0 aromatic heterocycles. The number of hydrogen-bond acceptors (Lipinski definition) is 6. The highest BCUT2D eigenvalue weighted by molar-refractivity contribution is 5.91. The number of nitrogens with one attached hydrogen (secondary N) is 2. The number of rotatable bonds is 4. The van der Waals surface area contributed by atoms with Gasteiger partial charge < -0.3 is 9.68 Å². The van der Waals surface area contributed by atoms with E-state index in [1.165, 1.54) is 14.1 Å². The van der Waals surface area contributed by atoms with Gasteiger partial charge in [0.05, 0.1) is 0 Å². The zero-order valence-corrected chi connectivity index (χ0v) is 6.79. The van der Waals surface area contributed by atoms with Crippen LogP contribution >= 0.6 is 0 Å². The Morgan fingerprint density at radius 1 is 1.00 bits per heavy atom. The van der Waals surface area contributed by atoms with Crippen molar-refractivity contribution < 1.29 is 19.3 Å². The van der Waals surface area contributed by atoms with Crippen molar-refractivity contribution >= 4 is 11.9 Å². The van der Waals surface area contributed by atoms with Gasteiger partial charge in [-0.3, -0.25) is 0 Å². The van der Waals surface area contributed by atoms with Gasteiger partial charge in [-0.05, 0) is 0 Å². The summed E-state index contributed by atoms with van der Waals surface area (Å²) in [6, 6.07) is 0. The molecule has 0 atom stereocenters. The summed E-state index contributed by atoms with van der Waals surface area (Å²) in [6.07, 6.45) is 1.88. The van der Waals surface area contributed by atoms with Crippen LogP contribution in [-0.2, 0) is 19.3 Å². The summed E-state index contributed by atoms with van der Waals surface area (Å²) in [5, 5.41) is 0. The molecule has 6 nitrogen and oxygen atoms in total. The SMILES string of the molecule is CNOC(=O)/C=C/C(=O)ONC. The molecule has 2 N–H and O–H groups in total. The minimum atomic E-state index is -0.675. The highest BCUT2D eigenvalue weighted by Gasteiger charge is 1.98. The molecule has 0 unspecified atom stereocenters. The van der Waals surface area contributed by atoms with Crippen LogP contribution in [-0.4, -0.2) is 26.0 Å². The molecule has 0 aliphatic rings. The van der Waals surface area contributed by atoms with Crippen LogP contribution in [0.1, 0.15) is 0 Å². The van der Waals surface area contributed by atoms with Crippen LogP contribution < -0.4 is 11.0 Å². The van der Waals surface area contributed by atoms with E-state index >= 15 is 0 Å². The largest absolute Gasteiger partial charge is 0.367 e. The summed E-state index contributed by atoms with van der Waals surface area (Å²) in [5.41, 5.74) is 4.31. The first kappa shape index (κ1) is 10.6. The molecule has 0 rings (SSSR count). The van der Waals surface area contributed by atoms with Gasteiger partial charge >= 0.3 is 11.9 Å². The van der Waals surface area contributed by atoms with Gasteiger partial charge in [-0.2, -0.15) is 11.0 Å². The Hall–Kier alpha value is -1.40. The number of carbonyl (C=O) groups excluding carboxylic acids is 2. The fourth-order valence-electron chi connectivity index (χ4n) is 0.405. The van der Waals surface area contributed by atoms with Crippen LogP contribution in [0.25, 0.3) is 0 Å². The number of carbonyl (C=O) groups is 2. The maximum atomic E-state index is 10.6. The van der Waals surface area contributed by atoms with Gasteiger partial charge in [-0.1, -0.05) is 0 Å². The van der Waals surface area contributed by atoms with Crippen LogP contribution in [0.5, 0.6) is 0 Å². The zero-order valence-electron chi connectivity index (χ0n) is 6.79. The lowest BCUT2D eigenvalue weighted by atomic mass is 10.5. The Bertz CT molecular complexity index is 170. The van der Waals surface area contributed by atoms with Gasteiger partial charge in [0.2, 0.25) is 0 Å². The van der Waals surface area contributed by atoms with Gasteiger partial charge in [-0.15, -0.1) is 0 Å². The Morgan fingerprint density at radius 2 is 1.33 bits per heavy atom. The Balaban J connectivity index is 3.73. The highest BCUT2D eigenvalue weighted by Crippen LogP contribution is 1.80. The summed E-state index contributed by atoms with van der Waals surface area (Å²) in [5.74, 6) is -1.35. The third kappa shape index (κ3) is 5.39. The van der Waals surface area contributed by atoms with Crippen LogP contribution in [0.4, 0.5) is 0 Å². The molecular weight excluding hydrogens is 164 g/mol. The molecule has 0 radical (unpaired) electrons. The van der Waals surface area contributed by atoms with Crippen molar-refractivity contribution in [2.45, 2.75) is 0 Å². The predicted octanol–water partition coefficient (Wildman–Crippen LogP) is -1.10. The lowest BCUT2D eigenvalue weighted by Crippen LogP contribution is -2.15. The van der Waals surface area contributed by atoms with Gasteiger partial charge in [0.1, 0.15) is 0 Å². The zero-order chi connectivity index (χ0) is 9.40. The smallest absolute Gasteiger partial charge is 0.349 e. The van der Waals surface area contributed by atoms with E-state index in [4.69, 9.17) is 0 Å². The average Bonchev–Trinajstić information content (AvgIpc) is 2.02. The number of hydrogen-bond donors (Lipinski definition) is 2. The van der Waals surface area contributed by atoms with E-state index in [1.54, 1.807) is 0 Å². The molecule has 0 saturated carbocycles. The van der Waals surface area contributed by atoms with E-state index in [0.29, 0.717) is 0 Å². The first-order valence-corrected chi connectivity index (χ1v) is 3.14. The molecule has 0 aromatic rings. The molecular formula is C6H10N2O4. The quantitative estimate of drug-likeness (QED) is 0.416. The molecule has 0 aliphatic carbocycles. The monoisotopic (exact) mass is 174 g/mol. The summed E-state index contributed by atoms with van der Waals surface area (Å²) >= 11 is 0. The fraction of sp³-hybridized carbons (Fsp3) is 0.333. The summed E-state index contributed by atoms with van der Waals surface area (Å²) in [4.78, 5) is 29.6. The van der Waals surface area contributed by atoms with E-state index < -0.39 is 11.9 Å². The van der Waals surface area contributed by atoms with Gasteiger partial charge in [-0.25, -0.2) is 9.59 Å². The molecule has 68 valence electrons. The predicted molar refractivity (Wildman–Crippen MR) is 39.4 cm³/mol. The van der Waals surface area contributed by atoms with Crippen LogP contribution in [0.15, 0.2) is 12.2 Å².